The molecule has 0 radical (unpaired) electrons. The lowest BCUT2D eigenvalue weighted by Crippen LogP contribution is -2.43. The van der Waals surface area contributed by atoms with Gasteiger partial charge in [0.1, 0.15) is 10.6 Å². The molecule has 0 unspecified atom stereocenters. The van der Waals surface area contributed by atoms with Gasteiger partial charge < -0.3 is 25.4 Å². The van der Waals surface area contributed by atoms with Crippen molar-refractivity contribution in [1.29, 1.82) is 0 Å². The summed E-state index contributed by atoms with van der Waals surface area (Å²) in [7, 11) is 0. The Morgan fingerprint density at radius 1 is 1.21 bits per heavy atom. The van der Waals surface area contributed by atoms with E-state index in [1.54, 1.807) is 17.0 Å². The molecule has 1 aliphatic heterocycles. The summed E-state index contributed by atoms with van der Waals surface area (Å²) < 4.78 is 11.0. The molecule has 0 atom stereocenters. The maximum Gasteiger partial charge on any atom is 0.261 e. The van der Waals surface area contributed by atoms with E-state index < -0.39 is 0 Å². The third-order valence-electron chi connectivity index (χ3n) is 4.96. The fraction of sp³-hybridized carbons (Fsp3) is 0.333. The summed E-state index contributed by atoms with van der Waals surface area (Å²) >= 11 is 14.0. The average molecular weight is 510 g/mol. The zero-order valence-electron chi connectivity index (χ0n) is 17.7. The molecule has 0 aliphatic carbocycles. The number of nitrogens with zero attached hydrogens (tertiary/aromatic N) is 3. The van der Waals surface area contributed by atoms with E-state index in [-0.39, 0.29) is 35.1 Å². The van der Waals surface area contributed by atoms with E-state index in [2.05, 4.69) is 15.3 Å². The quantitative estimate of drug-likeness (QED) is 0.523. The normalized spacial score (nSPS) is 13.8. The molecular weight excluding hydrogens is 489 g/mol. The number of nitrogens with two attached hydrogens (primary N) is 1. The number of hydrogen-bond acceptors (Lipinski definition) is 8. The zero-order valence-corrected chi connectivity index (χ0v) is 20.0. The van der Waals surface area contributed by atoms with Gasteiger partial charge in [0.05, 0.1) is 33.8 Å². The zero-order chi connectivity index (χ0) is 23.5. The Morgan fingerprint density at radius 2 is 1.97 bits per heavy atom. The molecular formula is C21H21Cl2N5O4S. The fourth-order valence-corrected chi connectivity index (χ4v) is 4.85. The van der Waals surface area contributed by atoms with Crippen molar-refractivity contribution in [2.24, 2.45) is 0 Å². The van der Waals surface area contributed by atoms with Crippen LogP contribution >= 0.6 is 34.5 Å². The molecule has 0 bridgehead atoms. The molecule has 9 nitrogen and oxygen atoms in total. The number of rotatable bonds is 6. The van der Waals surface area contributed by atoms with Gasteiger partial charge in [-0.05, 0) is 25.1 Å². The Kier molecular flexibility index (Phi) is 7.18. The van der Waals surface area contributed by atoms with Gasteiger partial charge in [0.2, 0.25) is 5.95 Å². The summed E-state index contributed by atoms with van der Waals surface area (Å²) in [4.78, 5) is 36.1. The number of thiophene rings is 1. The van der Waals surface area contributed by atoms with Crippen LogP contribution < -0.4 is 15.8 Å². The first-order valence-corrected chi connectivity index (χ1v) is 11.8. The predicted molar refractivity (Wildman–Crippen MR) is 128 cm³/mol. The van der Waals surface area contributed by atoms with Gasteiger partial charge in [0, 0.05) is 30.6 Å². The Bertz CT molecular complexity index is 1210. The topological polar surface area (TPSA) is 120 Å². The van der Waals surface area contributed by atoms with Crippen LogP contribution in [0.3, 0.4) is 0 Å². The molecule has 0 saturated carbocycles. The molecule has 3 aromatic rings. The summed E-state index contributed by atoms with van der Waals surface area (Å²) in [6.07, 6.45) is 0. The molecule has 0 spiro atoms. The maximum atomic E-state index is 12.4. The Labute approximate surface area is 203 Å². The smallest absolute Gasteiger partial charge is 0.261 e. The molecule has 3 N–H and O–H groups in total. The molecule has 3 heterocycles. The van der Waals surface area contributed by atoms with E-state index in [9.17, 15) is 9.59 Å². The number of nitrogens with one attached hydrogen (secondary N) is 1. The fourth-order valence-electron chi connectivity index (χ4n) is 3.37. The number of aromatic nitrogens is 2. The van der Waals surface area contributed by atoms with Crippen molar-refractivity contribution in [2.75, 3.05) is 45.2 Å². The van der Waals surface area contributed by atoms with E-state index in [1.807, 2.05) is 6.92 Å². The minimum absolute atomic E-state index is 0.0396. The summed E-state index contributed by atoms with van der Waals surface area (Å²) in [5.74, 6) is -0.0539. The van der Waals surface area contributed by atoms with Crippen molar-refractivity contribution < 1.29 is 19.1 Å². The Morgan fingerprint density at radius 3 is 2.70 bits per heavy atom. The molecule has 12 heteroatoms. The van der Waals surface area contributed by atoms with E-state index in [0.29, 0.717) is 64.2 Å². The van der Waals surface area contributed by atoms with Gasteiger partial charge in [0.15, 0.2) is 6.61 Å². The van der Waals surface area contributed by atoms with Crippen LogP contribution in [0.5, 0.6) is 5.75 Å². The van der Waals surface area contributed by atoms with Crippen LogP contribution in [0.4, 0.5) is 5.95 Å². The number of nitrogen functional groups attached to an aromatic ring is 1. The highest BCUT2D eigenvalue weighted by molar-refractivity contribution is 7.20. The van der Waals surface area contributed by atoms with Gasteiger partial charge in [0.25, 0.3) is 11.8 Å². The number of carbonyl (C=O) groups is 2. The van der Waals surface area contributed by atoms with Crippen LogP contribution in [0.25, 0.3) is 21.5 Å². The molecule has 33 heavy (non-hydrogen) atoms. The largest absolute Gasteiger partial charge is 0.482 e. The predicted octanol–water partition coefficient (Wildman–Crippen LogP) is 3.23. The number of anilines is 1. The molecule has 1 saturated heterocycles. The van der Waals surface area contributed by atoms with Gasteiger partial charge in [-0.25, -0.2) is 9.97 Å². The highest BCUT2D eigenvalue weighted by atomic mass is 35.5. The molecule has 2 aromatic heterocycles. The molecule has 1 aromatic carbocycles. The van der Waals surface area contributed by atoms with Gasteiger partial charge in [-0.3, -0.25) is 9.59 Å². The van der Waals surface area contributed by atoms with Gasteiger partial charge >= 0.3 is 0 Å². The summed E-state index contributed by atoms with van der Waals surface area (Å²) in [5.41, 5.74) is 6.86. The van der Waals surface area contributed by atoms with Crippen molar-refractivity contribution >= 4 is 62.5 Å². The average Bonchev–Trinajstić information content (AvgIpc) is 3.23. The number of benzene rings is 1. The van der Waals surface area contributed by atoms with Gasteiger partial charge in [-0.1, -0.05) is 23.2 Å². The van der Waals surface area contributed by atoms with Crippen molar-refractivity contribution in [1.82, 2.24) is 20.2 Å². The number of hydrogen-bond donors (Lipinski definition) is 2. The van der Waals surface area contributed by atoms with Crippen LogP contribution in [0.1, 0.15) is 16.6 Å². The highest BCUT2D eigenvalue weighted by Crippen LogP contribution is 2.40. The molecule has 1 fully saturated rings. The SMILES string of the molecule is CCNC(=O)c1cc2c(-c3cc(OCC(=O)N4CCOCC4)c(Cl)cc3Cl)nc(N)nc2s1. The first-order chi connectivity index (χ1) is 15.9. The van der Waals surface area contributed by atoms with Gasteiger partial charge in [-0.2, -0.15) is 0 Å². The van der Waals surface area contributed by atoms with Crippen LogP contribution in [-0.4, -0.2) is 66.1 Å². The number of amides is 2. The van der Waals surface area contributed by atoms with Crippen molar-refractivity contribution in [2.45, 2.75) is 6.92 Å². The second kappa shape index (κ2) is 10.1. The second-order valence-corrected chi connectivity index (χ2v) is 9.01. The number of ether oxygens (including phenoxy) is 2. The van der Waals surface area contributed by atoms with Crippen molar-refractivity contribution in [3.05, 3.63) is 33.1 Å². The van der Waals surface area contributed by atoms with Crippen LogP contribution in [-0.2, 0) is 9.53 Å². The summed E-state index contributed by atoms with van der Waals surface area (Å²) in [6, 6.07) is 4.84. The maximum absolute atomic E-state index is 12.4. The van der Waals surface area contributed by atoms with E-state index in [0.717, 1.165) is 0 Å². The minimum atomic E-state index is -0.210. The lowest BCUT2D eigenvalue weighted by Gasteiger charge is -2.26. The van der Waals surface area contributed by atoms with E-state index in [4.69, 9.17) is 38.4 Å². The second-order valence-electron chi connectivity index (χ2n) is 7.16. The number of morpholine rings is 1. The van der Waals surface area contributed by atoms with E-state index in [1.165, 1.54) is 17.4 Å². The summed E-state index contributed by atoms with van der Waals surface area (Å²) in [5, 5.41) is 3.96. The first kappa shape index (κ1) is 23.5. The molecule has 4 rings (SSSR count). The van der Waals surface area contributed by atoms with Crippen molar-refractivity contribution in [3.8, 4) is 17.0 Å². The lowest BCUT2D eigenvalue weighted by molar-refractivity contribution is -0.137. The molecule has 2 amide bonds. The highest BCUT2D eigenvalue weighted by Gasteiger charge is 2.21. The minimum Gasteiger partial charge on any atom is -0.482 e. The number of halogens is 2. The Hall–Kier alpha value is -2.66. The van der Waals surface area contributed by atoms with Crippen LogP contribution in [0.15, 0.2) is 18.2 Å². The standard InChI is InChI=1S/C21H21Cl2N5O4S/c1-2-25-19(30)16-8-12-18(26-21(24)27-20(12)33-16)11-7-15(14(23)9-13(11)22)32-10-17(29)28-3-5-31-6-4-28/h7-9H,2-6,10H2,1H3,(H,25,30)(H2,24,26,27). The van der Waals surface area contributed by atoms with Crippen LogP contribution in [0, 0.1) is 0 Å². The van der Waals surface area contributed by atoms with E-state index >= 15 is 0 Å². The van der Waals surface area contributed by atoms with Crippen molar-refractivity contribution in [3.63, 3.8) is 0 Å². The Balaban J connectivity index is 1.67. The third kappa shape index (κ3) is 5.14. The van der Waals surface area contributed by atoms with Crippen LogP contribution in [0.2, 0.25) is 10.0 Å². The lowest BCUT2D eigenvalue weighted by atomic mass is 10.1. The molecule has 174 valence electrons. The van der Waals surface area contributed by atoms with Gasteiger partial charge in [-0.15, -0.1) is 11.3 Å². The number of fused-ring (bicyclic) bond motifs is 1. The first-order valence-electron chi connectivity index (χ1n) is 10.2. The monoisotopic (exact) mass is 509 g/mol. The molecule has 1 aliphatic rings. The number of carbonyl (C=O) groups excluding carboxylic acids is 2. The summed E-state index contributed by atoms with van der Waals surface area (Å²) in [6.45, 7) is 4.21. The third-order valence-corrected chi connectivity index (χ3v) is 6.60.